The third-order valence-electron chi connectivity index (χ3n) is 3.59. The van der Waals surface area contributed by atoms with Gasteiger partial charge in [0, 0.05) is 30.4 Å². The summed E-state index contributed by atoms with van der Waals surface area (Å²) < 4.78 is 2.26. The number of nitrogens with zero attached hydrogens (tertiary/aromatic N) is 1. The second-order valence-electron chi connectivity index (χ2n) is 4.33. The molecule has 0 saturated heterocycles. The Morgan fingerprint density at radius 1 is 1.46 bits per heavy atom. The van der Waals surface area contributed by atoms with Crippen molar-refractivity contribution in [1.29, 1.82) is 0 Å². The Morgan fingerprint density at radius 3 is 2.38 bits per heavy atom. The molecule has 2 heteroatoms. The maximum atomic E-state index is 5.82. The van der Waals surface area contributed by atoms with Gasteiger partial charge in [-0.3, -0.25) is 0 Å². The van der Waals surface area contributed by atoms with Crippen molar-refractivity contribution >= 4 is 0 Å². The molecule has 1 saturated carbocycles. The molecular formula is C11H18N2. The van der Waals surface area contributed by atoms with E-state index in [1.54, 1.807) is 0 Å². The first-order valence-corrected chi connectivity index (χ1v) is 4.94. The molecule has 1 aromatic heterocycles. The van der Waals surface area contributed by atoms with Gasteiger partial charge < -0.3 is 10.3 Å². The third-order valence-corrected chi connectivity index (χ3v) is 3.59. The minimum atomic E-state index is 0.343. The second-order valence-corrected chi connectivity index (χ2v) is 4.33. The maximum Gasteiger partial charge on any atom is 0.0181 e. The molecule has 1 heterocycles. The quantitative estimate of drug-likeness (QED) is 0.733. The minimum absolute atomic E-state index is 0.343. The van der Waals surface area contributed by atoms with Gasteiger partial charge in [-0.1, -0.05) is 0 Å². The Kier molecular flexibility index (Phi) is 1.77. The van der Waals surface area contributed by atoms with Crippen LogP contribution in [0.4, 0.5) is 0 Å². The fourth-order valence-electron chi connectivity index (χ4n) is 2.13. The van der Waals surface area contributed by atoms with Crippen molar-refractivity contribution in [2.24, 2.45) is 12.8 Å². The Balaban J connectivity index is 2.46. The highest BCUT2D eigenvalue weighted by molar-refractivity contribution is 5.38. The lowest BCUT2D eigenvalue weighted by atomic mass is 9.96. The van der Waals surface area contributed by atoms with Crippen molar-refractivity contribution in [2.75, 3.05) is 6.54 Å². The van der Waals surface area contributed by atoms with Gasteiger partial charge in [-0.25, -0.2) is 0 Å². The van der Waals surface area contributed by atoms with E-state index in [9.17, 15) is 0 Å². The number of aromatic nitrogens is 1. The average molecular weight is 178 g/mol. The predicted molar refractivity (Wildman–Crippen MR) is 54.9 cm³/mol. The molecule has 13 heavy (non-hydrogen) atoms. The Hall–Kier alpha value is -0.760. The van der Waals surface area contributed by atoms with Gasteiger partial charge >= 0.3 is 0 Å². The fraction of sp³-hybridized carbons (Fsp3) is 0.636. The molecule has 0 bridgehead atoms. The summed E-state index contributed by atoms with van der Waals surface area (Å²) in [6.07, 6.45) is 2.54. The van der Waals surface area contributed by atoms with Crippen molar-refractivity contribution in [2.45, 2.75) is 32.1 Å². The van der Waals surface area contributed by atoms with E-state index in [0.717, 1.165) is 6.54 Å². The van der Waals surface area contributed by atoms with Gasteiger partial charge in [0.05, 0.1) is 0 Å². The first kappa shape index (κ1) is 8.82. The van der Waals surface area contributed by atoms with Crippen LogP contribution in [0.25, 0.3) is 0 Å². The van der Waals surface area contributed by atoms with E-state index in [0.29, 0.717) is 5.41 Å². The van der Waals surface area contributed by atoms with Crippen LogP contribution in [0.15, 0.2) is 6.07 Å². The van der Waals surface area contributed by atoms with E-state index >= 15 is 0 Å². The first-order chi connectivity index (χ1) is 6.10. The molecule has 0 amide bonds. The van der Waals surface area contributed by atoms with E-state index < -0.39 is 0 Å². The van der Waals surface area contributed by atoms with Crippen LogP contribution in [0, 0.1) is 13.8 Å². The van der Waals surface area contributed by atoms with E-state index in [1.165, 1.54) is 29.8 Å². The van der Waals surface area contributed by atoms with Crippen LogP contribution in [0.1, 0.15) is 29.8 Å². The minimum Gasteiger partial charge on any atom is -0.352 e. The smallest absolute Gasteiger partial charge is 0.0181 e. The average Bonchev–Trinajstić information content (AvgIpc) is 2.87. The molecule has 0 radical (unpaired) electrons. The summed E-state index contributed by atoms with van der Waals surface area (Å²) in [7, 11) is 2.13. The molecule has 1 aromatic rings. The van der Waals surface area contributed by atoms with Crippen LogP contribution in [-0.2, 0) is 12.5 Å². The summed E-state index contributed by atoms with van der Waals surface area (Å²) >= 11 is 0. The number of aryl methyl sites for hydroxylation is 1. The maximum absolute atomic E-state index is 5.82. The van der Waals surface area contributed by atoms with E-state index in [2.05, 4.69) is 31.5 Å². The molecule has 2 rings (SSSR count). The zero-order valence-electron chi connectivity index (χ0n) is 8.72. The molecular weight excluding hydrogens is 160 g/mol. The molecule has 2 nitrogen and oxygen atoms in total. The lowest BCUT2D eigenvalue weighted by molar-refractivity contribution is 0.692. The molecule has 0 aromatic carbocycles. The van der Waals surface area contributed by atoms with Gasteiger partial charge in [-0.15, -0.1) is 0 Å². The third kappa shape index (κ3) is 1.12. The number of hydrogen-bond acceptors (Lipinski definition) is 1. The van der Waals surface area contributed by atoms with Crippen LogP contribution >= 0.6 is 0 Å². The largest absolute Gasteiger partial charge is 0.352 e. The molecule has 1 aliphatic carbocycles. The fourth-order valence-corrected chi connectivity index (χ4v) is 2.13. The number of rotatable bonds is 2. The monoisotopic (exact) mass is 178 g/mol. The summed E-state index contributed by atoms with van der Waals surface area (Å²) in [5, 5.41) is 0. The lowest BCUT2D eigenvalue weighted by Gasteiger charge is -2.12. The van der Waals surface area contributed by atoms with Gasteiger partial charge in [0.15, 0.2) is 0 Å². The van der Waals surface area contributed by atoms with Gasteiger partial charge in [0.2, 0.25) is 0 Å². The molecule has 2 N–H and O–H groups in total. The van der Waals surface area contributed by atoms with Crippen LogP contribution in [0.3, 0.4) is 0 Å². The second kappa shape index (κ2) is 2.61. The zero-order valence-corrected chi connectivity index (χ0v) is 8.72. The summed E-state index contributed by atoms with van der Waals surface area (Å²) in [5.74, 6) is 0. The SMILES string of the molecule is Cc1cc(C2(CN)CC2)c(C)n1C. The van der Waals surface area contributed by atoms with Gasteiger partial charge in [-0.2, -0.15) is 0 Å². The number of nitrogens with two attached hydrogens (primary N) is 1. The van der Waals surface area contributed by atoms with Crippen molar-refractivity contribution in [3.05, 3.63) is 23.0 Å². The van der Waals surface area contributed by atoms with Crippen LogP contribution in [0.2, 0.25) is 0 Å². The van der Waals surface area contributed by atoms with Gasteiger partial charge in [0.25, 0.3) is 0 Å². The Morgan fingerprint density at radius 2 is 2.08 bits per heavy atom. The molecule has 0 aliphatic heterocycles. The Labute approximate surface area is 79.7 Å². The summed E-state index contributed by atoms with van der Waals surface area (Å²) in [4.78, 5) is 0. The van der Waals surface area contributed by atoms with Crippen molar-refractivity contribution in [1.82, 2.24) is 4.57 Å². The van der Waals surface area contributed by atoms with Crippen LogP contribution in [-0.4, -0.2) is 11.1 Å². The van der Waals surface area contributed by atoms with Gasteiger partial charge in [-0.05, 0) is 38.3 Å². The summed E-state index contributed by atoms with van der Waals surface area (Å²) in [6, 6.07) is 2.30. The van der Waals surface area contributed by atoms with Crippen molar-refractivity contribution in [3.63, 3.8) is 0 Å². The normalized spacial score (nSPS) is 19.1. The van der Waals surface area contributed by atoms with E-state index in [-0.39, 0.29) is 0 Å². The molecule has 72 valence electrons. The summed E-state index contributed by atoms with van der Waals surface area (Å²) in [5.41, 5.74) is 10.4. The first-order valence-electron chi connectivity index (χ1n) is 4.94. The van der Waals surface area contributed by atoms with Crippen LogP contribution < -0.4 is 5.73 Å². The Bertz CT molecular complexity index is 332. The zero-order chi connectivity index (χ0) is 9.64. The standard InChI is InChI=1S/C11H18N2/c1-8-6-10(9(2)13(8)3)11(7-12)4-5-11/h6H,4-5,7,12H2,1-3H3. The molecule has 0 atom stereocenters. The van der Waals surface area contributed by atoms with E-state index in [1.807, 2.05) is 0 Å². The summed E-state index contributed by atoms with van der Waals surface area (Å²) in [6.45, 7) is 5.15. The molecule has 1 fully saturated rings. The van der Waals surface area contributed by atoms with Crippen molar-refractivity contribution in [3.8, 4) is 0 Å². The highest BCUT2D eigenvalue weighted by atomic mass is 15.0. The molecule has 0 unspecified atom stereocenters. The number of hydrogen-bond donors (Lipinski definition) is 1. The molecule has 0 spiro atoms. The lowest BCUT2D eigenvalue weighted by Crippen LogP contribution is -2.20. The van der Waals surface area contributed by atoms with Gasteiger partial charge in [0.1, 0.15) is 0 Å². The highest BCUT2D eigenvalue weighted by Gasteiger charge is 2.44. The topological polar surface area (TPSA) is 30.9 Å². The molecule has 1 aliphatic rings. The van der Waals surface area contributed by atoms with Crippen molar-refractivity contribution < 1.29 is 0 Å². The van der Waals surface area contributed by atoms with Crippen LogP contribution in [0.5, 0.6) is 0 Å². The highest BCUT2D eigenvalue weighted by Crippen LogP contribution is 2.48. The van der Waals surface area contributed by atoms with E-state index in [4.69, 9.17) is 5.73 Å². The predicted octanol–water partition coefficient (Wildman–Crippen LogP) is 1.63.